The molecule has 32 heavy (non-hydrogen) atoms. The van der Waals surface area contributed by atoms with Gasteiger partial charge in [0.1, 0.15) is 5.75 Å². The fraction of sp³-hybridized carbons (Fsp3) is 0.280. The summed E-state index contributed by atoms with van der Waals surface area (Å²) in [5.74, 6) is 0.719. The van der Waals surface area contributed by atoms with E-state index in [0.717, 1.165) is 54.2 Å². The van der Waals surface area contributed by atoms with E-state index in [1.807, 2.05) is 47.6 Å². The molecule has 0 bridgehead atoms. The van der Waals surface area contributed by atoms with Crippen LogP contribution in [0.5, 0.6) is 5.75 Å². The number of nitrogens with zero attached hydrogens (tertiary/aromatic N) is 4. The molecule has 2 aromatic carbocycles. The van der Waals surface area contributed by atoms with Gasteiger partial charge in [0.05, 0.1) is 36.9 Å². The molecule has 7 heteroatoms. The van der Waals surface area contributed by atoms with E-state index in [4.69, 9.17) is 4.74 Å². The van der Waals surface area contributed by atoms with Crippen molar-refractivity contribution < 1.29 is 9.53 Å². The van der Waals surface area contributed by atoms with Crippen molar-refractivity contribution in [2.24, 2.45) is 4.99 Å². The molecule has 3 aromatic rings. The van der Waals surface area contributed by atoms with Crippen LogP contribution in [0.2, 0.25) is 0 Å². The third-order valence-corrected chi connectivity index (χ3v) is 6.17. The number of hydrogen-bond acceptors (Lipinski definition) is 5. The summed E-state index contributed by atoms with van der Waals surface area (Å²) < 4.78 is 5.73. The minimum absolute atomic E-state index is 0.0505. The molecule has 0 spiro atoms. The van der Waals surface area contributed by atoms with E-state index in [1.54, 1.807) is 7.11 Å². The SMILES string of the molecule is COc1cc(C(=O)N2CCN(C)CC2)ccc1N1CC=NC=C1c1cc2ccccc2[nH]1. The summed E-state index contributed by atoms with van der Waals surface area (Å²) in [6, 6.07) is 16.1. The Morgan fingerprint density at radius 3 is 2.66 bits per heavy atom. The number of methoxy groups -OCH3 is 1. The fourth-order valence-corrected chi connectivity index (χ4v) is 4.30. The predicted molar refractivity (Wildman–Crippen MR) is 129 cm³/mol. The number of rotatable bonds is 4. The third-order valence-electron chi connectivity index (χ3n) is 6.17. The monoisotopic (exact) mass is 429 g/mol. The Morgan fingerprint density at radius 2 is 1.88 bits per heavy atom. The summed E-state index contributed by atoms with van der Waals surface area (Å²) in [5.41, 5.74) is 4.58. The number of hydrogen-bond donors (Lipinski definition) is 1. The minimum atomic E-state index is 0.0505. The summed E-state index contributed by atoms with van der Waals surface area (Å²) in [6.45, 7) is 3.90. The number of aromatic nitrogens is 1. The summed E-state index contributed by atoms with van der Waals surface area (Å²) in [5, 5.41) is 1.15. The number of anilines is 1. The van der Waals surface area contributed by atoms with Crippen molar-refractivity contribution in [2.45, 2.75) is 0 Å². The number of benzene rings is 2. The molecular weight excluding hydrogens is 402 g/mol. The van der Waals surface area contributed by atoms with Gasteiger partial charge in [-0.25, -0.2) is 0 Å². The molecule has 0 aliphatic carbocycles. The highest BCUT2D eigenvalue weighted by Gasteiger charge is 2.24. The third kappa shape index (κ3) is 3.76. The number of fused-ring (bicyclic) bond motifs is 1. The van der Waals surface area contributed by atoms with Crippen molar-refractivity contribution >= 4 is 34.4 Å². The van der Waals surface area contributed by atoms with Gasteiger partial charge in [0.2, 0.25) is 0 Å². The molecule has 0 atom stereocenters. The smallest absolute Gasteiger partial charge is 0.254 e. The molecule has 164 valence electrons. The number of aliphatic imine (C=N–C) groups is 1. The second-order valence-corrected chi connectivity index (χ2v) is 8.21. The van der Waals surface area contributed by atoms with Crippen LogP contribution in [0.3, 0.4) is 0 Å². The van der Waals surface area contributed by atoms with Crippen LogP contribution in [0, 0.1) is 0 Å². The molecule has 1 N–H and O–H groups in total. The molecule has 1 aromatic heterocycles. The highest BCUT2D eigenvalue weighted by Crippen LogP contribution is 2.36. The van der Waals surface area contributed by atoms with E-state index >= 15 is 0 Å². The Balaban J connectivity index is 1.46. The Kier molecular flexibility index (Phi) is 5.41. The average Bonchev–Trinajstić information content (AvgIpc) is 3.28. The van der Waals surface area contributed by atoms with Gasteiger partial charge in [-0.05, 0) is 37.4 Å². The molecule has 7 nitrogen and oxygen atoms in total. The number of nitrogens with one attached hydrogen (secondary N) is 1. The van der Waals surface area contributed by atoms with E-state index in [9.17, 15) is 4.79 Å². The van der Waals surface area contributed by atoms with E-state index < -0.39 is 0 Å². The average molecular weight is 430 g/mol. The number of carbonyl (C=O) groups excluding carboxylic acids is 1. The minimum Gasteiger partial charge on any atom is -0.495 e. The lowest BCUT2D eigenvalue weighted by Crippen LogP contribution is -2.47. The molecule has 1 saturated heterocycles. The zero-order chi connectivity index (χ0) is 22.1. The Labute approximate surface area is 187 Å². The van der Waals surface area contributed by atoms with Gasteiger partial charge in [-0.3, -0.25) is 9.79 Å². The molecule has 0 saturated carbocycles. The molecule has 0 unspecified atom stereocenters. The fourth-order valence-electron chi connectivity index (χ4n) is 4.30. The molecule has 2 aliphatic rings. The summed E-state index contributed by atoms with van der Waals surface area (Å²) in [7, 11) is 3.73. The number of aromatic amines is 1. The molecule has 0 radical (unpaired) electrons. The Hall–Kier alpha value is -3.58. The van der Waals surface area contributed by atoms with Crippen LogP contribution in [0.15, 0.2) is 59.7 Å². The quantitative estimate of drug-likeness (QED) is 0.690. The topological polar surface area (TPSA) is 64.2 Å². The van der Waals surface area contributed by atoms with Gasteiger partial charge in [0.25, 0.3) is 5.91 Å². The first-order valence-corrected chi connectivity index (χ1v) is 10.9. The Bertz CT molecular complexity index is 1170. The van der Waals surface area contributed by atoms with Crippen LogP contribution in [-0.4, -0.2) is 73.8 Å². The molecule has 1 fully saturated rings. The lowest BCUT2D eigenvalue weighted by Gasteiger charge is -2.33. The van der Waals surface area contributed by atoms with Crippen molar-refractivity contribution in [3.8, 4) is 5.75 Å². The second kappa shape index (κ2) is 8.51. The van der Waals surface area contributed by atoms with Gasteiger partial charge < -0.3 is 24.4 Å². The molecule has 3 heterocycles. The first-order chi connectivity index (χ1) is 15.6. The zero-order valence-corrected chi connectivity index (χ0v) is 18.4. The number of likely N-dealkylation sites (N-methyl/N-ethyl adjacent to an activating group) is 1. The van der Waals surface area contributed by atoms with Crippen LogP contribution in [0.4, 0.5) is 5.69 Å². The summed E-state index contributed by atoms with van der Waals surface area (Å²) in [4.78, 5) is 27.2. The highest BCUT2D eigenvalue weighted by molar-refractivity contribution is 5.97. The standard InChI is InChI=1S/C25H27N5O2/c1-28-11-13-29(14-12-28)25(31)19-7-8-22(24(16-19)32-2)30-10-9-26-17-23(30)21-15-18-5-3-4-6-20(18)27-21/h3-9,15-17,27H,10-14H2,1-2H3. The highest BCUT2D eigenvalue weighted by atomic mass is 16.5. The van der Waals surface area contributed by atoms with E-state index in [1.165, 1.54) is 0 Å². The summed E-state index contributed by atoms with van der Waals surface area (Å²) >= 11 is 0. The first-order valence-electron chi connectivity index (χ1n) is 10.9. The first kappa shape index (κ1) is 20.3. The van der Waals surface area contributed by atoms with Crippen molar-refractivity contribution in [1.82, 2.24) is 14.8 Å². The number of para-hydroxylation sites is 1. The molecule has 5 rings (SSSR count). The van der Waals surface area contributed by atoms with E-state index in [2.05, 4.69) is 45.0 Å². The predicted octanol–water partition coefficient (Wildman–Crippen LogP) is 3.45. The zero-order valence-electron chi connectivity index (χ0n) is 18.4. The number of amides is 1. The van der Waals surface area contributed by atoms with Crippen LogP contribution >= 0.6 is 0 Å². The van der Waals surface area contributed by atoms with Crippen LogP contribution in [0.25, 0.3) is 16.6 Å². The van der Waals surface area contributed by atoms with Gasteiger partial charge in [-0.1, -0.05) is 18.2 Å². The normalized spacial score (nSPS) is 17.0. The molecular formula is C25H27N5O2. The summed E-state index contributed by atoms with van der Waals surface area (Å²) in [6.07, 6.45) is 3.73. The van der Waals surface area contributed by atoms with Gasteiger partial charge in [0, 0.05) is 48.9 Å². The number of carbonyl (C=O) groups is 1. The number of H-pyrrole nitrogens is 1. The van der Waals surface area contributed by atoms with Gasteiger partial charge in [0.15, 0.2) is 0 Å². The van der Waals surface area contributed by atoms with Crippen LogP contribution in [-0.2, 0) is 0 Å². The largest absolute Gasteiger partial charge is 0.495 e. The van der Waals surface area contributed by atoms with Gasteiger partial charge >= 0.3 is 0 Å². The van der Waals surface area contributed by atoms with Crippen molar-refractivity contribution in [1.29, 1.82) is 0 Å². The molecule has 1 amide bonds. The Morgan fingerprint density at radius 1 is 1.06 bits per heavy atom. The van der Waals surface area contributed by atoms with Crippen LogP contribution < -0.4 is 9.64 Å². The van der Waals surface area contributed by atoms with Crippen molar-refractivity contribution in [2.75, 3.05) is 51.8 Å². The number of ether oxygens (including phenoxy) is 1. The maximum absolute atomic E-state index is 13.0. The second-order valence-electron chi connectivity index (χ2n) is 8.21. The maximum atomic E-state index is 13.0. The molecule has 2 aliphatic heterocycles. The van der Waals surface area contributed by atoms with E-state index in [0.29, 0.717) is 17.9 Å². The van der Waals surface area contributed by atoms with Crippen molar-refractivity contribution in [3.05, 3.63) is 66.0 Å². The lowest BCUT2D eigenvalue weighted by molar-refractivity contribution is 0.0664. The van der Waals surface area contributed by atoms with Gasteiger partial charge in [-0.15, -0.1) is 0 Å². The van der Waals surface area contributed by atoms with E-state index in [-0.39, 0.29) is 5.91 Å². The maximum Gasteiger partial charge on any atom is 0.254 e. The lowest BCUT2D eigenvalue weighted by atomic mass is 10.1. The number of piperazine rings is 1. The van der Waals surface area contributed by atoms with Gasteiger partial charge in [-0.2, -0.15) is 0 Å². The van der Waals surface area contributed by atoms with Crippen LogP contribution in [0.1, 0.15) is 16.1 Å². The van der Waals surface area contributed by atoms with Crippen molar-refractivity contribution in [3.63, 3.8) is 0 Å².